The second kappa shape index (κ2) is 6.72. The number of hydrogen-bond donors (Lipinski definition) is 1. The first-order chi connectivity index (χ1) is 11.8. The largest absolute Gasteiger partial charge is 0.340 e. The molecule has 2 saturated heterocycles. The van der Waals surface area contributed by atoms with Gasteiger partial charge in [-0.2, -0.15) is 0 Å². The smallest absolute Gasteiger partial charge is 0.244 e. The second-order valence-electron chi connectivity index (χ2n) is 7.77. The van der Waals surface area contributed by atoms with E-state index in [9.17, 15) is 13.2 Å². The lowest BCUT2D eigenvalue weighted by atomic mass is 9.75. The summed E-state index contributed by atoms with van der Waals surface area (Å²) in [4.78, 5) is 15.2. The van der Waals surface area contributed by atoms with Crippen LogP contribution in [-0.2, 0) is 20.0 Å². The summed E-state index contributed by atoms with van der Waals surface area (Å²) in [5.74, 6) is -0.196. The van der Waals surface area contributed by atoms with Crippen molar-refractivity contribution in [1.82, 2.24) is 10.2 Å². The van der Waals surface area contributed by atoms with E-state index in [2.05, 4.69) is 24.4 Å². The van der Waals surface area contributed by atoms with Crippen LogP contribution in [-0.4, -0.2) is 56.4 Å². The first-order valence-corrected chi connectivity index (χ1v) is 10.9. The molecular formula is C19H28N2O3S. The molecule has 0 spiro atoms. The highest BCUT2D eigenvalue weighted by atomic mass is 32.2. The summed E-state index contributed by atoms with van der Waals surface area (Å²) < 4.78 is 23.8. The van der Waals surface area contributed by atoms with Crippen molar-refractivity contribution in [2.24, 2.45) is 0 Å². The van der Waals surface area contributed by atoms with Gasteiger partial charge in [0.1, 0.15) is 0 Å². The first-order valence-electron chi connectivity index (χ1n) is 9.04. The molecule has 2 aliphatic rings. The summed E-state index contributed by atoms with van der Waals surface area (Å²) in [6, 6.07) is 10.2. The van der Waals surface area contributed by atoms with Gasteiger partial charge in [0.05, 0.1) is 0 Å². The van der Waals surface area contributed by atoms with Gasteiger partial charge >= 0.3 is 0 Å². The fraction of sp³-hybridized carbons (Fsp3) is 0.632. The number of amides is 1. The molecule has 2 aliphatic heterocycles. The van der Waals surface area contributed by atoms with Crippen LogP contribution in [0.15, 0.2) is 30.3 Å². The average molecular weight is 365 g/mol. The molecule has 25 heavy (non-hydrogen) atoms. The van der Waals surface area contributed by atoms with Gasteiger partial charge in [-0.3, -0.25) is 4.79 Å². The van der Waals surface area contributed by atoms with E-state index >= 15 is 0 Å². The van der Waals surface area contributed by atoms with E-state index in [1.165, 1.54) is 11.8 Å². The third kappa shape index (κ3) is 3.34. The maximum Gasteiger partial charge on any atom is 0.244 e. The summed E-state index contributed by atoms with van der Waals surface area (Å²) in [6.07, 6.45) is 3.85. The molecule has 1 aromatic rings. The molecular weight excluding hydrogens is 336 g/mol. The highest BCUT2D eigenvalue weighted by molar-refractivity contribution is 7.92. The molecule has 5 nitrogen and oxygen atoms in total. The van der Waals surface area contributed by atoms with Crippen LogP contribution >= 0.6 is 0 Å². The summed E-state index contributed by atoms with van der Waals surface area (Å²) in [5, 5.41) is 3.18. The fourth-order valence-electron chi connectivity index (χ4n) is 4.35. The summed E-state index contributed by atoms with van der Waals surface area (Å²) in [6.45, 7) is 4.55. The molecule has 1 aromatic carbocycles. The van der Waals surface area contributed by atoms with Gasteiger partial charge in [0.2, 0.25) is 5.91 Å². The lowest BCUT2D eigenvalue weighted by molar-refractivity contribution is -0.137. The molecule has 1 atom stereocenters. The quantitative estimate of drug-likeness (QED) is 0.887. The average Bonchev–Trinajstić information content (AvgIpc) is 2.61. The summed E-state index contributed by atoms with van der Waals surface area (Å²) in [5.41, 5.74) is 1.09. The van der Waals surface area contributed by atoms with Crippen LogP contribution in [0.4, 0.5) is 0 Å². The van der Waals surface area contributed by atoms with Crippen molar-refractivity contribution in [3.05, 3.63) is 35.9 Å². The van der Waals surface area contributed by atoms with Gasteiger partial charge < -0.3 is 10.2 Å². The molecule has 0 bridgehead atoms. The van der Waals surface area contributed by atoms with E-state index in [4.69, 9.17) is 0 Å². The van der Waals surface area contributed by atoms with E-state index in [-0.39, 0.29) is 11.3 Å². The molecule has 1 amide bonds. The number of likely N-dealkylation sites (tertiary alicyclic amines) is 1. The summed E-state index contributed by atoms with van der Waals surface area (Å²) >= 11 is 0. The van der Waals surface area contributed by atoms with Crippen LogP contribution in [0.5, 0.6) is 0 Å². The lowest BCUT2D eigenvalue weighted by Crippen LogP contribution is -2.61. The van der Waals surface area contributed by atoms with Crippen molar-refractivity contribution in [3.63, 3.8) is 0 Å². The maximum absolute atomic E-state index is 13.4. The Hall–Kier alpha value is -1.40. The molecule has 1 unspecified atom stereocenters. The van der Waals surface area contributed by atoms with Crippen molar-refractivity contribution in [1.29, 1.82) is 0 Å². The van der Waals surface area contributed by atoms with Crippen LogP contribution in [0.3, 0.4) is 0 Å². The Balaban J connectivity index is 1.89. The number of piperidine rings is 2. The number of sulfone groups is 1. The zero-order valence-corrected chi connectivity index (χ0v) is 15.9. The molecule has 0 aliphatic carbocycles. The molecule has 2 fully saturated rings. The molecule has 6 heteroatoms. The van der Waals surface area contributed by atoms with E-state index in [1.54, 1.807) is 0 Å². The highest BCUT2D eigenvalue weighted by Crippen LogP contribution is 2.37. The van der Waals surface area contributed by atoms with E-state index < -0.39 is 14.6 Å². The number of carbonyl (C=O) groups excluding carboxylic acids is 1. The van der Waals surface area contributed by atoms with Gasteiger partial charge in [-0.05, 0) is 44.3 Å². The predicted molar refractivity (Wildman–Crippen MR) is 99.3 cm³/mol. The van der Waals surface area contributed by atoms with Crippen molar-refractivity contribution in [3.8, 4) is 0 Å². The number of nitrogens with one attached hydrogen (secondary N) is 1. The predicted octanol–water partition coefficient (Wildman–Crippen LogP) is 1.73. The Morgan fingerprint density at radius 2 is 1.76 bits per heavy atom. The fourth-order valence-corrected chi connectivity index (χ4v) is 5.74. The topological polar surface area (TPSA) is 66.5 Å². The van der Waals surface area contributed by atoms with Gasteiger partial charge in [-0.25, -0.2) is 8.42 Å². The molecule has 0 aromatic heterocycles. The number of rotatable bonds is 3. The van der Waals surface area contributed by atoms with Crippen LogP contribution < -0.4 is 5.32 Å². The maximum atomic E-state index is 13.4. The first kappa shape index (κ1) is 18.4. The Labute approximate surface area is 150 Å². The minimum absolute atomic E-state index is 0.124. The molecule has 138 valence electrons. The standard InChI is InChI=1S/C19H28N2O3S/c1-18(16-7-4-3-5-8-16)9-6-14-21(15-18)17(22)19(25(2,23)24)10-12-20-13-11-19/h3-5,7-8,20H,6,9-15H2,1-2H3. The van der Waals surface area contributed by atoms with Crippen molar-refractivity contribution < 1.29 is 13.2 Å². The Morgan fingerprint density at radius 1 is 1.12 bits per heavy atom. The molecule has 2 heterocycles. The number of hydrogen-bond acceptors (Lipinski definition) is 4. The molecule has 0 radical (unpaired) electrons. The van der Waals surface area contributed by atoms with Gasteiger partial charge in [0, 0.05) is 24.8 Å². The molecule has 3 rings (SSSR count). The van der Waals surface area contributed by atoms with Gasteiger partial charge in [-0.1, -0.05) is 37.3 Å². The van der Waals surface area contributed by atoms with Crippen LogP contribution in [0.1, 0.15) is 38.2 Å². The minimum Gasteiger partial charge on any atom is -0.340 e. The van der Waals surface area contributed by atoms with E-state index in [1.807, 2.05) is 23.1 Å². The van der Waals surface area contributed by atoms with Crippen molar-refractivity contribution >= 4 is 15.7 Å². The normalized spacial score (nSPS) is 27.0. The van der Waals surface area contributed by atoms with Crippen molar-refractivity contribution in [2.75, 3.05) is 32.4 Å². The monoisotopic (exact) mass is 364 g/mol. The Bertz CT molecular complexity index is 726. The Morgan fingerprint density at radius 3 is 2.36 bits per heavy atom. The van der Waals surface area contributed by atoms with Crippen molar-refractivity contribution in [2.45, 2.75) is 42.8 Å². The minimum atomic E-state index is -3.47. The van der Waals surface area contributed by atoms with E-state index in [0.717, 1.165) is 12.8 Å². The van der Waals surface area contributed by atoms with Crippen LogP contribution in [0, 0.1) is 0 Å². The summed E-state index contributed by atoms with van der Waals surface area (Å²) in [7, 11) is -3.47. The van der Waals surface area contributed by atoms with Gasteiger partial charge in [0.15, 0.2) is 14.6 Å². The highest BCUT2D eigenvalue weighted by Gasteiger charge is 2.51. The van der Waals surface area contributed by atoms with Gasteiger partial charge in [-0.15, -0.1) is 0 Å². The molecule has 0 saturated carbocycles. The van der Waals surface area contributed by atoms with Gasteiger partial charge in [0.25, 0.3) is 0 Å². The zero-order valence-electron chi connectivity index (χ0n) is 15.1. The number of benzene rings is 1. The second-order valence-corrected chi connectivity index (χ2v) is 10.1. The third-order valence-electron chi connectivity index (χ3n) is 5.97. The Kier molecular flexibility index (Phi) is 4.95. The zero-order chi connectivity index (χ0) is 18.1. The SMILES string of the molecule is CC1(c2ccccc2)CCCN(C(=O)C2(S(C)(=O)=O)CCNCC2)C1. The van der Waals surface area contributed by atoms with E-state index in [0.29, 0.717) is 39.0 Å². The lowest BCUT2D eigenvalue weighted by Gasteiger charge is -2.45. The van der Waals surface area contributed by atoms with Crippen LogP contribution in [0.2, 0.25) is 0 Å². The third-order valence-corrected chi connectivity index (χ3v) is 7.97. The van der Waals surface area contributed by atoms with Crippen LogP contribution in [0.25, 0.3) is 0 Å². The number of nitrogens with zero attached hydrogens (tertiary/aromatic N) is 1. The number of carbonyl (C=O) groups is 1. The molecule has 1 N–H and O–H groups in total.